The minimum atomic E-state index is 0.485. The molecular formula is C19H16BrNO2. The van der Waals surface area contributed by atoms with Crippen molar-refractivity contribution in [3.05, 3.63) is 76.9 Å². The Morgan fingerprint density at radius 2 is 1.74 bits per heavy atom. The SMILES string of the molecule is COc1ccc(-c2cc(Br)cnc2OCc2ccccc2)cc1. The largest absolute Gasteiger partial charge is 0.497 e. The van der Waals surface area contributed by atoms with Gasteiger partial charge in [-0.25, -0.2) is 4.98 Å². The number of methoxy groups -OCH3 is 1. The molecule has 2 aromatic carbocycles. The van der Waals surface area contributed by atoms with Gasteiger partial charge in [0, 0.05) is 16.2 Å². The van der Waals surface area contributed by atoms with Gasteiger partial charge in [-0.3, -0.25) is 0 Å². The molecule has 0 saturated heterocycles. The van der Waals surface area contributed by atoms with Crippen LogP contribution in [0, 0.1) is 0 Å². The Bertz CT molecular complexity index is 773. The highest BCUT2D eigenvalue weighted by atomic mass is 79.9. The van der Waals surface area contributed by atoms with Crippen molar-refractivity contribution in [3.8, 4) is 22.8 Å². The summed E-state index contributed by atoms with van der Waals surface area (Å²) in [5.74, 6) is 1.44. The first-order chi connectivity index (χ1) is 11.3. The van der Waals surface area contributed by atoms with Crippen LogP contribution in [-0.4, -0.2) is 12.1 Å². The number of ether oxygens (including phenoxy) is 2. The van der Waals surface area contributed by atoms with E-state index in [4.69, 9.17) is 9.47 Å². The van der Waals surface area contributed by atoms with E-state index in [1.807, 2.05) is 60.7 Å². The summed E-state index contributed by atoms with van der Waals surface area (Å²) >= 11 is 3.48. The minimum Gasteiger partial charge on any atom is -0.497 e. The smallest absolute Gasteiger partial charge is 0.221 e. The second kappa shape index (κ2) is 7.29. The topological polar surface area (TPSA) is 31.4 Å². The van der Waals surface area contributed by atoms with Crippen molar-refractivity contribution in [1.82, 2.24) is 4.98 Å². The number of hydrogen-bond donors (Lipinski definition) is 0. The van der Waals surface area contributed by atoms with Crippen molar-refractivity contribution >= 4 is 15.9 Å². The maximum atomic E-state index is 5.93. The highest BCUT2D eigenvalue weighted by molar-refractivity contribution is 9.10. The van der Waals surface area contributed by atoms with Gasteiger partial charge in [-0.1, -0.05) is 42.5 Å². The summed E-state index contributed by atoms with van der Waals surface area (Å²) in [6, 6.07) is 19.9. The second-order valence-corrected chi connectivity index (χ2v) is 5.92. The lowest BCUT2D eigenvalue weighted by Gasteiger charge is -2.11. The normalized spacial score (nSPS) is 10.3. The Morgan fingerprint density at radius 1 is 1.00 bits per heavy atom. The molecule has 3 nitrogen and oxygen atoms in total. The molecule has 0 aliphatic heterocycles. The van der Waals surface area contributed by atoms with E-state index in [0.717, 1.165) is 26.9 Å². The molecule has 0 fully saturated rings. The molecule has 1 aromatic heterocycles. The lowest BCUT2D eigenvalue weighted by molar-refractivity contribution is 0.295. The van der Waals surface area contributed by atoms with Crippen LogP contribution in [0.4, 0.5) is 0 Å². The third kappa shape index (κ3) is 3.90. The van der Waals surface area contributed by atoms with Crippen LogP contribution >= 0.6 is 15.9 Å². The van der Waals surface area contributed by atoms with E-state index in [-0.39, 0.29) is 0 Å². The van der Waals surface area contributed by atoms with E-state index in [1.165, 1.54) is 0 Å². The summed E-state index contributed by atoms with van der Waals surface area (Å²) in [5, 5.41) is 0. The van der Waals surface area contributed by atoms with Gasteiger partial charge < -0.3 is 9.47 Å². The van der Waals surface area contributed by atoms with Gasteiger partial charge in [-0.15, -0.1) is 0 Å². The predicted octanol–water partition coefficient (Wildman–Crippen LogP) is 5.10. The minimum absolute atomic E-state index is 0.485. The fourth-order valence-corrected chi connectivity index (χ4v) is 2.58. The van der Waals surface area contributed by atoms with E-state index in [1.54, 1.807) is 13.3 Å². The maximum absolute atomic E-state index is 5.93. The molecule has 0 aliphatic carbocycles. The number of nitrogens with zero attached hydrogens (tertiary/aromatic N) is 1. The zero-order valence-electron chi connectivity index (χ0n) is 12.7. The summed E-state index contributed by atoms with van der Waals surface area (Å²) in [5.41, 5.74) is 3.08. The Hall–Kier alpha value is -2.33. The molecule has 0 radical (unpaired) electrons. The molecular weight excluding hydrogens is 354 g/mol. The molecule has 0 bridgehead atoms. The third-order valence-corrected chi connectivity index (χ3v) is 3.87. The molecule has 116 valence electrons. The number of aromatic nitrogens is 1. The molecule has 23 heavy (non-hydrogen) atoms. The van der Waals surface area contributed by atoms with Crippen LogP contribution in [0.5, 0.6) is 11.6 Å². The lowest BCUT2D eigenvalue weighted by atomic mass is 10.1. The first kappa shape index (κ1) is 15.6. The van der Waals surface area contributed by atoms with Crippen LogP contribution in [0.2, 0.25) is 0 Å². The third-order valence-electron chi connectivity index (χ3n) is 3.44. The van der Waals surface area contributed by atoms with Gasteiger partial charge in [0.25, 0.3) is 0 Å². The Balaban J connectivity index is 1.88. The summed E-state index contributed by atoms with van der Waals surface area (Å²) in [7, 11) is 1.66. The average molecular weight is 370 g/mol. The van der Waals surface area contributed by atoms with Gasteiger partial charge in [0.1, 0.15) is 12.4 Å². The van der Waals surface area contributed by atoms with E-state index in [2.05, 4.69) is 20.9 Å². The van der Waals surface area contributed by atoms with E-state index in [0.29, 0.717) is 12.5 Å². The summed E-state index contributed by atoms with van der Waals surface area (Å²) in [6.07, 6.45) is 1.74. The van der Waals surface area contributed by atoms with E-state index in [9.17, 15) is 0 Å². The Morgan fingerprint density at radius 3 is 2.43 bits per heavy atom. The standard InChI is InChI=1S/C19H16BrNO2/c1-22-17-9-7-15(8-10-17)18-11-16(20)12-21-19(18)23-13-14-5-3-2-4-6-14/h2-12H,13H2,1H3. The molecule has 0 spiro atoms. The molecule has 3 aromatic rings. The van der Waals surface area contributed by atoms with Crippen LogP contribution in [0.15, 0.2) is 71.3 Å². The fraction of sp³-hybridized carbons (Fsp3) is 0.105. The van der Waals surface area contributed by atoms with Crippen LogP contribution in [0.3, 0.4) is 0 Å². The molecule has 0 aliphatic rings. The van der Waals surface area contributed by atoms with Crippen molar-refractivity contribution < 1.29 is 9.47 Å². The predicted molar refractivity (Wildman–Crippen MR) is 94.7 cm³/mol. The van der Waals surface area contributed by atoms with Gasteiger partial charge in [0.2, 0.25) is 5.88 Å². The molecule has 0 saturated carbocycles. The van der Waals surface area contributed by atoms with Crippen molar-refractivity contribution in [2.24, 2.45) is 0 Å². The monoisotopic (exact) mass is 369 g/mol. The first-order valence-corrected chi connectivity index (χ1v) is 8.02. The lowest BCUT2D eigenvalue weighted by Crippen LogP contribution is -1.99. The van der Waals surface area contributed by atoms with Gasteiger partial charge in [0.05, 0.1) is 7.11 Å². The van der Waals surface area contributed by atoms with Crippen LogP contribution in [0.25, 0.3) is 11.1 Å². The van der Waals surface area contributed by atoms with Crippen molar-refractivity contribution in [2.45, 2.75) is 6.61 Å². The van der Waals surface area contributed by atoms with Gasteiger partial charge in [-0.05, 0) is 45.3 Å². The fourth-order valence-electron chi connectivity index (χ4n) is 2.25. The van der Waals surface area contributed by atoms with Crippen LogP contribution in [-0.2, 0) is 6.61 Å². The molecule has 0 N–H and O–H groups in total. The van der Waals surface area contributed by atoms with Crippen molar-refractivity contribution in [3.63, 3.8) is 0 Å². The van der Waals surface area contributed by atoms with E-state index < -0.39 is 0 Å². The zero-order chi connectivity index (χ0) is 16.1. The number of benzene rings is 2. The highest BCUT2D eigenvalue weighted by Crippen LogP contribution is 2.32. The summed E-state index contributed by atoms with van der Waals surface area (Å²) < 4.78 is 12.0. The second-order valence-electron chi connectivity index (χ2n) is 5.01. The highest BCUT2D eigenvalue weighted by Gasteiger charge is 2.10. The average Bonchev–Trinajstić information content (AvgIpc) is 2.61. The van der Waals surface area contributed by atoms with Gasteiger partial charge >= 0.3 is 0 Å². The molecule has 3 rings (SSSR count). The van der Waals surface area contributed by atoms with Gasteiger partial charge in [-0.2, -0.15) is 0 Å². The summed E-state index contributed by atoms with van der Waals surface area (Å²) in [6.45, 7) is 0.485. The Kier molecular flexibility index (Phi) is 4.93. The number of halogens is 1. The first-order valence-electron chi connectivity index (χ1n) is 7.23. The van der Waals surface area contributed by atoms with Crippen molar-refractivity contribution in [1.29, 1.82) is 0 Å². The van der Waals surface area contributed by atoms with Crippen molar-refractivity contribution in [2.75, 3.05) is 7.11 Å². The van der Waals surface area contributed by atoms with Crippen LogP contribution < -0.4 is 9.47 Å². The number of pyridine rings is 1. The molecule has 4 heteroatoms. The molecule has 0 unspecified atom stereocenters. The zero-order valence-corrected chi connectivity index (χ0v) is 14.3. The molecule has 0 amide bonds. The molecule has 0 atom stereocenters. The number of hydrogen-bond acceptors (Lipinski definition) is 3. The quantitative estimate of drug-likeness (QED) is 0.626. The molecule has 1 heterocycles. The summed E-state index contributed by atoms with van der Waals surface area (Å²) in [4.78, 5) is 4.41. The van der Waals surface area contributed by atoms with E-state index >= 15 is 0 Å². The van der Waals surface area contributed by atoms with Crippen LogP contribution in [0.1, 0.15) is 5.56 Å². The number of rotatable bonds is 5. The van der Waals surface area contributed by atoms with Gasteiger partial charge in [0.15, 0.2) is 0 Å². The Labute approximate surface area is 144 Å². The maximum Gasteiger partial charge on any atom is 0.221 e.